The molecule has 16 atom stereocenters. The molecular weight excluding hydrogens is 1450 g/mol. The molecule has 18 N–H and O–H groups in total. The lowest BCUT2D eigenvalue weighted by molar-refractivity contribution is -0.322. The molecule has 0 aliphatic carbocycles. The highest BCUT2D eigenvalue weighted by Gasteiger charge is 2.41. The van der Waals surface area contributed by atoms with Crippen molar-refractivity contribution >= 4 is 94.8 Å². The van der Waals surface area contributed by atoms with Crippen LogP contribution in [-0.4, -0.2) is 326 Å². The number of aliphatic hydroxyl groups is 5. The maximum Gasteiger partial charge on any atom is 0.218 e. The van der Waals surface area contributed by atoms with Crippen LogP contribution in [0.15, 0.2) is 0 Å². The fourth-order valence-electron chi connectivity index (χ4n) is 6.94. The molecule has 0 radical (unpaired) electrons. The minimum Gasteiger partial charge on any atom is -0.735 e. The molecule has 52 nitrogen and oxygen atoms in total. The summed E-state index contributed by atoms with van der Waals surface area (Å²) in [6.07, 6.45) is -17.1. The van der Waals surface area contributed by atoms with Gasteiger partial charge in [0, 0.05) is 32.8 Å². The molecule has 552 valence electrons. The van der Waals surface area contributed by atoms with E-state index in [1.165, 1.54) is 4.72 Å². The van der Waals surface area contributed by atoms with Gasteiger partial charge in [-0.1, -0.05) is 0 Å². The molecule has 5 heterocycles. The Morgan fingerprint density at radius 1 is 0.418 bits per heavy atom. The lowest BCUT2D eigenvalue weighted by atomic mass is 9.99. The monoisotopic (exact) mass is 1520 g/mol. The second kappa shape index (κ2) is 41.4. The Balaban J connectivity index is -0.000000339. The number of carboxylic acids is 2. The predicted molar refractivity (Wildman–Crippen MR) is 262 cm³/mol. The number of ether oxygens (including phenoxy) is 6. The van der Waals surface area contributed by atoms with Crippen LogP contribution in [-0.2, 0) is 142 Å². The molecule has 5 saturated heterocycles. The van der Waals surface area contributed by atoms with Gasteiger partial charge in [-0.2, -0.15) is 0 Å². The van der Waals surface area contributed by atoms with E-state index >= 15 is 0 Å². The summed E-state index contributed by atoms with van der Waals surface area (Å²) in [6, 6.07) is -3.87. The Morgan fingerprint density at radius 3 is 1.15 bits per heavy atom. The normalized spacial score (nSPS) is 29.8. The summed E-state index contributed by atoms with van der Waals surface area (Å²) in [4.78, 5) is 20.5. The third-order valence-corrected chi connectivity index (χ3v) is 14.6. The van der Waals surface area contributed by atoms with E-state index in [4.69, 9.17) is 29.2 Å². The number of hydrogen-bond acceptors (Lipinski definition) is 44. The Hall–Kier alpha value is -2.74. The van der Waals surface area contributed by atoms with E-state index in [1.54, 1.807) is 9.44 Å². The van der Waals surface area contributed by atoms with Gasteiger partial charge in [0.15, 0.2) is 30.9 Å². The Labute approximate surface area is 515 Å². The van der Waals surface area contributed by atoms with Crippen molar-refractivity contribution in [2.45, 2.75) is 123 Å². The van der Waals surface area contributed by atoms with Gasteiger partial charge in [0.2, 0.25) is 52.0 Å². The minimum absolute atomic E-state index is 0. The molecule has 5 aliphatic heterocycles. The number of hydrogen-bond donors (Lipinski definition) is 8. The fraction of sp³-hybridized carbons (Fsp3) is 0.935. The van der Waals surface area contributed by atoms with Crippen molar-refractivity contribution in [3.63, 3.8) is 0 Å². The smallest absolute Gasteiger partial charge is 0.218 e. The number of nitrogens with one attached hydrogen (secondary N) is 3. The molecule has 0 spiro atoms. The summed E-state index contributed by atoms with van der Waals surface area (Å²) in [7, 11) is -38.4. The van der Waals surface area contributed by atoms with Gasteiger partial charge in [-0.15, -0.1) is 0 Å². The zero-order chi connectivity index (χ0) is 66.8. The molecule has 60 heteroatoms. The maximum atomic E-state index is 10.6. The third-order valence-electron chi connectivity index (χ3n) is 10.6. The molecule has 0 aromatic heterocycles. The highest BCUT2D eigenvalue weighted by atomic mass is 32.3. The topological polar surface area (TPSA) is 934 Å². The second-order valence-corrected chi connectivity index (χ2v) is 25.8. The van der Waals surface area contributed by atoms with Crippen LogP contribution in [0.5, 0.6) is 0 Å². The van der Waals surface area contributed by atoms with Crippen molar-refractivity contribution in [3.8, 4) is 0 Å². The lowest BCUT2D eigenvalue weighted by Crippen LogP contribution is -2.60. The molecule has 5 fully saturated rings. The van der Waals surface area contributed by atoms with Crippen LogP contribution in [0.2, 0.25) is 0 Å². The van der Waals surface area contributed by atoms with Crippen LogP contribution < -0.4 is 24.4 Å². The van der Waals surface area contributed by atoms with Crippen LogP contribution in [0.1, 0.15) is 25.7 Å². The molecule has 5 rings (SSSR count). The largest absolute Gasteiger partial charge is 0.735 e. The number of aliphatic hydroxyl groups excluding tert-OH is 5. The minimum atomic E-state index is -5.24. The Morgan fingerprint density at radius 2 is 0.780 bits per heavy atom. The van der Waals surface area contributed by atoms with Gasteiger partial charge in [0.05, 0.1) is 132 Å². The van der Waals surface area contributed by atoms with E-state index in [2.05, 4.69) is 30.4 Å². The van der Waals surface area contributed by atoms with Crippen LogP contribution in [0, 0.1) is 0 Å². The van der Waals surface area contributed by atoms with Crippen LogP contribution in [0.3, 0.4) is 0 Å². The van der Waals surface area contributed by atoms with Gasteiger partial charge in [-0.3, -0.25) is 20.9 Å². The lowest BCUT2D eigenvalue weighted by Gasteiger charge is -2.39. The van der Waals surface area contributed by atoms with E-state index in [1.807, 2.05) is 0 Å². The van der Waals surface area contributed by atoms with Gasteiger partial charge in [-0.05, 0) is 0 Å². The van der Waals surface area contributed by atoms with Crippen molar-refractivity contribution in [2.75, 3.05) is 60.0 Å². The van der Waals surface area contributed by atoms with Crippen molar-refractivity contribution in [3.05, 3.63) is 0 Å². The molecule has 0 aromatic rings. The summed E-state index contributed by atoms with van der Waals surface area (Å²) in [6.45, 7) is -4.12. The first-order chi connectivity index (χ1) is 38.8. The van der Waals surface area contributed by atoms with Crippen LogP contribution in [0.4, 0.5) is 0 Å². The third kappa shape index (κ3) is 44.6. The van der Waals surface area contributed by atoms with Crippen molar-refractivity contribution in [1.82, 2.24) is 14.2 Å². The second-order valence-electron chi connectivity index (χ2n) is 17.2. The number of aliphatic carboxylic acids is 2. The van der Waals surface area contributed by atoms with E-state index in [9.17, 15) is 139 Å². The van der Waals surface area contributed by atoms with Crippen molar-refractivity contribution < 1.29 is 226 Å². The summed E-state index contributed by atoms with van der Waals surface area (Å²) < 4.78 is 303. The van der Waals surface area contributed by atoms with Gasteiger partial charge >= 0.3 is 0 Å². The van der Waals surface area contributed by atoms with Crippen LogP contribution in [0.25, 0.3) is 0 Å². The SMILES string of the molecule is CO[C@@H]1C(COS(=O)(=O)[O-])OCC(NS(=O)(=O)[O-])[C@@H]1O.O.O.O.O.O.O=C([O-])C1C[C@@H](O)C(O)CO1.O=C([O-])C1C[C@@H](O)C(OS(=O)(=O)[O-])CO1.O=S(=O)([O-])NC1COC(COS(=O)(=O)[O-])C[C@H]1O.O=S(=O)([O-])NC1COC(COS(=O)(=O)[O-])C[C@H]1OS(=O)(=O)[O-]. The molecule has 0 aromatic carbocycles. The zero-order valence-corrected chi connectivity index (χ0v) is 51.7. The van der Waals surface area contributed by atoms with E-state index in [-0.39, 0.29) is 59.9 Å². The summed E-state index contributed by atoms with van der Waals surface area (Å²) in [5.74, 6) is -2.87. The molecule has 0 amide bonds. The molecule has 91 heavy (non-hydrogen) atoms. The number of carbonyl (C=O) groups is 2. The highest BCUT2D eigenvalue weighted by molar-refractivity contribution is 7.84. The molecule has 10 unspecified atom stereocenters. The summed E-state index contributed by atoms with van der Waals surface area (Å²) in [5, 5.41) is 67.0. The van der Waals surface area contributed by atoms with Crippen molar-refractivity contribution in [1.29, 1.82) is 0 Å². The zero-order valence-electron chi connectivity index (χ0n) is 45.1. The highest BCUT2D eigenvalue weighted by Crippen LogP contribution is 2.23. The van der Waals surface area contributed by atoms with Gasteiger partial charge in [0.1, 0.15) is 30.5 Å². The number of rotatable bonds is 22. The molecule has 5 aliphatic rings. The maximum absolute atomic E-state index is 10.6. The van der Waals surface area contributed by atoms with E-state index < -0.39 is 238 Å². The van der Waals surface area contributed by atoms with Gasteiger partial charge in [0.25, 0.3) is 0 Å². The molecule has 0 bridgehead atoms. The van der Waals surface area contributed by atoms with E-state index in [0.717, 1.165) is 7.11 Å². The van der Waals surface area contributed by atoms with Crippen molar-refractivity contribution in [2.24, 2.45) is 0 Å². The Bertz CT molecular complexity index is 3080. The number of carboxylic acid groups (broad SMARTS) is 2. The predicted octanol–water partition coefficient (Wildman–Crippen LogP) is -19.9. The van der Waals surface area contributed by atoms with E-state index in [0.29, 0.717) is 0 Å². The average Bonchev–Trinajstić information content (AvgIpc) is 1.04. The Kier molecular flexibility index (Phi) is 44.1. The van der Waals surface area contributed by atoms with Crippen LogP contribution >= 0.6 is 0 Å². The quantitative estimate of drug-likeness (QED) is 0.0369. The molecule has 0 saturated carbocycles. The standard InChI is InChI=1S/C7H15NO10S2.C6H13NO12S3.C6H13NO9S2.C6H10O8S.C6H10O5.5H2O/c1-16-7-5(3-18-20(13,14)15)17-2-4(6(7)9)8-19(10,11)12;8-20(9,10)7-5-3-17-4(2-18-21(11,12)13)1-6(5)19-22(14,15)16;8-6-1-4(2-16-18(12,13)14)15-3-5(6)7-17(9,10)11;7-3-1-4(6(8)9)13-2-5(3)14-15(10,11)12;7-3-1-5(6(9)10)11-2-4(3)8;;;;;/h4-9H,2-3H2,1H3,(H,10,11,12)(H,13,14,15);4-7H,1-3H2,(H,8,9,10)(H,11,12,13)(H,14,15,16);4-8H,1-3H2,(H,9,10,11)(H,12,13,14);3-5,7H,1-2H2,(H,8,9)(H,10,11,12);3-5,7-8H,1-2H2,(H,9,10);5*1H2/p-10/t4?,5?,6-,7+;2*4?,5?,6-;2*3-,4?,5?;;;;;/m01111...../s1. The number of carbonyl (C=O) groups excluding carboxylic acids is 2. The number of methoxy groups -OCH3 is 1. The summed E-state index contributed by atoms with van der Waals surface area (Å²) >= 11 is 0. The summed E-state index contributed by atoms with van der Waals surface area (Å²) in [5.41, 5.74) is 0. The van der Waals surface area contributed by atoms with Gasteiger partial charge in [-0.25, -0.2) is 81.5 Å². The molecular formula is C31H61N3O49S8-10. The van der Waals surface area contributed by atoms with Gasteiger partial charge < -0.3 is 138 Å². The first-order valence-corrected chi connectivity index (χ1v) is 33.4. The average molecular weight is 1520 g/mol. The first kappa shape index (κ1) is 96.9. The first-order valence-electron chi connectivity index (χ1n) is 22.5. The fourth-order valence-corrected chi connectivity index (χ4v) is 10.6.